The third-order valence-electron chi connectivity index (χ3n) is 4.81. The molecule has 1 aliphatic rings. The zero-order valence-corrected chi connectivity index (χ0v) is 16.2. The van der Waals surface area contributed by atoms with E-state index in [4.69, 9.17) is 9.47 Å². The maximum Gasteiger partial charge on any atom is 0.255 e. The van der Waals surface area contributed by atoms with Gasteiger partial charge in [0.25, 0.3) is 5.91 Å². The minimum Gasteiger partial charge on any atom is -0.496 e. The molecule has 1 fully saturated rings. The van der Waals surface area contributed by atoms with E-state index < -0.39 is 0 Å². The summed E-state index contributed by atoms with van der Waals surface area (Å²) >= 11 is 0. The number of carbonyl (C=O) groups is 2. The first kappa shape index (κ1) is 19.5. The van der Waals surface area contributed by atoms with Gasteiger partial charge in [0, 0.05) is 26.2 Å². The van der Waals surface area contributed by atoms with Gasteiger partial charge in [0.2, 0.25) is 5.91 Å². The summed E-state index contributed by atoms with van der Waals surface area (Å²) in [5, 5.41) is 2.69. The number of nitrogens with zero attached hydrogens (tertiary/aromatic N) is 2. The fourth-order valence-corrected chi connectivity index (χ4v) is 3.28. The molecule has 0 saturated carbocycles. The molecule has 2 amide bonds. The Morgan fingerprint density at radius 1 is 0.893 bits per heavy atom. The van der Waals surface area contributed by atoms with Crippen molar-refractivity contribution >= 4 is 17.5 Å². The van der Waals surface area contributed by atoms with Gasteiger partial charge in [0.05, 0.1) is 32.0 Å². The molecule has 0 aliphatic carbocycles. The van der Waals surface area contributed by atoms with Gasteiger partial charge in [-0.3, -0.25) is 9.59 Å². The van der Waals surface area contributed by atoms with Gasteiger partial charge >= 0.3 is 0 Å². The summed E-state index contributed by atoms with van der Waals surface area (Å²) in [7, 11) is 3.17. The van der Waals surface area contributed by atoms with Crippen LogP contribution in [0.25, 0.3) is 0 Å². The van der Waals surface area contributed by atoms with Crippen LogP contribution in [0.1, 0.15) is 10.4 Å². The highest BCUT2D eigenvalue weighted by Crippen LogP contribution is 2.28. The van der Waals surface area contributed by atoms with E-state index >= 15 is 0 Å². The van der Waals surface area contributed by atoms with Crippen molar-refractivity contribution < 1.29 is 19.1 Å². The first-order valence-corrected chi connectivity index (χ1v) is 9.21. The van der Waals surface area contributed by atoms with E-state index in [0.29, 0.717) is 37.5 Å². The Morgan fingerprint density at radius 2 is 1.50 bits per heavy atom. The molecule has 7 nitrogen and oxygen atoms in total. The van der Waals surface area contributed by atoms with Crippen LogP contribution in [-0.2, 0) is 4.79 Å². The van der Waals surface area contributed by atoms with E-state index in [9.17, 15) is 9.59 Å². The lowest BCUT2D eigenvalue weighted by Gasteiger charge is -2.36. The van der Waals surface area contributed by atoms with Gasteiger partial charge in [0.1, 0.15) is 11.5 Å². The molecule has 0 radical (unpaired) electrons. The van der Waals surface area contributed by atoms with Gasteiger partial charge in [-0.25, -0.2) is 0 Å². The van der Waals surface area contributed by atoms with Crippen LogP contribution < -0.4 is 19.7 Å². The van der Waals surface area contributed by atoms with Crippen molar-refractivity contribution in [1.82, 2.24) is 10.2 Å². The number of methoxy groups -OCH3 is 2. The average Bonchev–Trinajstić information content (AvgIpc) is 2.77. The second kappa shape index (κ2) is 9.12. The van der Waals surface area contributed by atoms with Crippen molar-refractivity contribution in [2.75, 3.05) is 51.8 Å². The molecule has 7 heteroatoms. The minimum atomic E-state index is -0.321. The molecule has 0 spiro atoms. The number of anilines is 1. The third-order valence-corrected chi connectivity index (χ3v) is 4.81. The summed E-state index contributed by atoms with van der Waals surface area (Å²) in [6.07, 6.45) is 0. The van der Waals surface area contributed by atoms with Crippen LogP contribution in [-0.4, -0.2) is 63.7 Å². The van der Waals surface area contributed by atoms with Crippen LogP contribution in [0.15, 0.2) is 48.5 Å². The average molecular weight is 383 g/mol. The van der Waals surface area contributed by atoms with Crippen LogP contribution in [0.3, 0.4) is 0 Å². The van der Waals surface area contributed by atoms with Crippen molar-refractivity contribution in [3.05, 3.63) is 54.1 Å². The molecule has 1 aliphatic heterocycles. The van der Waals surface area contributed by atoms with E-state index in [-0.39, 0.29) is 18.4 Å². The number of para-hydroxylation sites is 3. The lowest BCUT2D eigenvalue weighted by Crippen LogP contribution is -2.51. The molecule has 2 aromatic rings. The smallest absolute Gasteiger partial charge is 0.255 e. The van der Waals surface area contributed by atoms with E-state index in [1.807, 2.05) is 24.3 Å². The predicted molar refractivity (Wildman–Crippen MR) is 107 cm³/mol. The SMILES string of the molecule is COc1ccccc1C(=O)NCC(=O)N1CCN(c2ccccc2OC)CC1. The topological polar surface area (TPSA) is 71.1 Å². The molecule has 0 unspecified atom stereocenters. The molecule has 2 aromatic carbocycles. The molecule has 0 bridgehead atoms. The Hall–Kier alpha value is -3.22. The molecular weight excluding hydrogens is 358 g/mol. The second-order valence-corrected chi connectivity index (χ2v) is 6.42. The number of ether oxygens (including phenoxy) is 2. The molecule has 0 aromatic heterocycles. The number of benzene rings is 2. The number of hydrogen-bond acceptors (Lipinski definition) is 5. The quantitative estimate of drug-likeness (QED) is 0.823. The number of amides is 2. The van der Waals surface area contributed by atoms with Gasteiger partial charge in [-0.05, 0) is 24.3 Å². The van der Waals surface area contributed by atoms with E-state index in [1.54, 1.807) is 36.3 Å². The third kappa shape index (κ3) is 4.36. The molecule has 28 heavy (non-hydrogen) atoms. The fourth-order valence-electron chi connectivity index (χ4n) is 3.28. The van der Waals surface area contributed by atoms with E-state index in [1.165, 1.54) is 7.11 Å². The maximum absolute atomic E-state index is 12.5. The van der Waals surface area contributed by atoms with Crippen molar-refractivity contribution in [2.45, 2.75) is 0 Å². The lowest BCUT2D eigenvalue weighted by molar-refractivity contribution is -0.130. The summed E-state index contributed by atoms with van der Waals surface area (Å²) in [5.74, 6) is 0.894. The predicted octanol–water partition coefficient (Wildman–Crippen LogP) is 1.78. The molecule has 1 saturated heterocycles. The maximum atomic E-state index is 12.5. The van der Waals surface area contributed by atoms with Crippen LogP contribution in [0, 0.1) is 0 Å². The summed E-state index contributed by atoms with van der Waals surface area (Å²) in [4.78, 5) is 28.8. The summed E-state index contributed by atoms with van der Waals surface area (Å²) in [6, 6.07) is 14.8. The Bertz CT molecular complexity index is 832. The van der Waals surface area contributed by atoms with Crippen LogP contribution in [0.4, 0.5) is 5.69 Å². The highest BCUT2D eigenvalue weighted by Gasteiger charge is 2.23. The first-order valence-electron chi connectivity index (χ1n) is 9.21. The molecule has 1 N–H and O–H groups in total. The number of piperazine rings is 1. The number of hydrogen-bond donors (Lipinski definition) is 1. The van der Waals surface area contributed by atoms with Crippen molar-refractivity contribution in [1.29, 1.82) is 0 Å². The number of rotatable bonds is 6. The van der Waals surface area contributed by atoms with Gasteiger partial charge < -0.3 is 24.6 Å². The van der Waals surface area contributed by atoms with Gasteiger partial charge in [-0.2, -0.15) is 0 Å². The number of nitrogens with one attached hydrogen (secondary N) is 1. The first-order chi connectivity index (χ1) is 13.6. The van der Waals surface area contributed by atoms with Gasteiger partial charge in [0.15, 0.2) is 0 Å². The molecule has 0 atom stereocenters. The van der Waals surface area contributed by atoms with Gasteiger partial charge in [-0.1, -0.05) is 24.3 Å². The highest BCUT2D eigenvalue weighted by atomic mass is 16.5. The Morgan fingerprint density at radius 3 is 2.18 bits per heavy atom. The molecule has 1 heterocycles. The fraction of sp³-hybridized carbons (Fsp3) is 0.333. The normalized spacial score (nSPS) is 13.8. The van der Waals surface area contributed by atoms with Crippen molar-refractivity contribution in [2.24, 2.45) is 0 Å². The highest BCUT2D eigenvalue weighted by molar-refractivity contribution is 5.98. The largest absolute Gasteiger partial charge is 0.496 e. The molecular formula is C21H25N3O4. The van der Waals surface area contributed by atoms with E-state index in [0.717, 1.165) is 11.4 Å². The lowest BCUT2D eigenvalue weighted by atomic mass is 10.2. The van der Waals surface area contributed by atoms with Crippen LogP contribution in [0.5, 0.6) is 11.5 Å². The Labute approximate surface area is 164 Å². The minimum absolute atomic E-state index is 0.0362. The zero-order valence-electron chi connectivity index (χ0n) is 16.2. The second-order valence-electron chi connectivity index (χ2n) is 6.42. The van der Waals surface area contributed by atoms with Gasteiger partial charge in [-0.15, -0.1) is 0 Å². The summed E-state index contributed by atoms with van der Waals surface area (Å²) < 4.78 is 10.6. The van der Waals surface area contributed by atoms with Crippen molar-refractivity contribution in [3.63, 3.8) is 0 Å². The van der Waals surface area contributed by atoms with Crippen molar-refractivity contribution in [3.8, 4) is 11.5 Å². The Balaban J connectivity index is 1.52. The molecule has 3 rings (SSSR count). The number of carbonyl (C=O) groups excluding carboxylic acids is 2. The Kier molecular flexibility index (Phi) is 6.37. The standard InChI is InChI=1S/C21H25N3O4/c1-27-18-9-5-3-7-16(18)21(26)22-15-20(25)24-13-11-23(12-14-24)17-8-4-6-10-19(17)28-2/h3-10H,11-15H2,1-2H3,(H,22,26). The molecule has 148 valence electrons. The summed E-state index contributed by atoms with van der Waals surface area (Å²) in [6.45, 7) is 2.59. The zero-order chi connectivity index (χ0) is 19.9. The monoisotopic (exact) mass is 383 g/mol. The van der Waals surface area contributed by atoms with Crippen LogP contribution in [0.2, 0.25) is 0 Å². The summed E-state index contributed by atoms with van der Waals surface area (Å²) in [5.41, 5.74) is 1.44. The van der Waals surface area contributed by atoms with E-state index in [2.05, 4.69) is 10.2 Å². The van der Waals surface area contributed by atoms with Crippen LogP contribution >= 0.6 is 0 Å².